The molecule has 106 valence electrons. The molecule has 1 atom stereocenters. The van der Waals surface area contributed by atoms with Crippen molar-refractivity contribution in [1.29, 1.82) is 0 Å². The molecule has 5 heteroatoms. The number of benzene rings is 1. The first-order chi connectivity index (χ1) is 9.65. The van der Waals surface area contributed by atoms with Crippen molar-refractivity contribution in [2.45, 2.75) is 13.0 Å². The summed E-state index contributed by atoms with van der Waals surface area (Å²) in [4.78, 5) is 12.8. The maximum absolute atomic E-state index is 12.1. The minimum Gasteiger partial charge on any atom is -0.497 e. The van der Waals surface area contributed by atoms with Gasteiger partial charge in [-0.3, -0.25) is 4.79 Å². The number of carbonyl (C=O) groups is 1. The lowest BCUT2D eigenvalue weighted by Crippen LogP contribution is -2.26. The van der Waals surface area contributed by atoms with Crippen molar-refractivity contribution in [3.05, 3.63) is 46.2 Å². The highest BCUT2D eigenvalue weighted by molar-refractivity contribution is 7.12. The van der Waals surface area contributed by atoms with Crippen LogP contribution < -0.4 is 14.8 Å². The van der Waals surface area contributed by atoms with Gasteiger partial charge in [0.25, 0.3) is 5.91 Å². The molecule has 0 aliphatic rings. The maximum atomic E-state index is 12.1. The molecule has 1 N–H and O–H groups in total. The quantitative estimate of drug-likeness (QED) is 0.920. The fraction of sp³-hybridized carbons (Fsp3) is 0.267. The number of carbonyl (C=O) groups excluding carboxylic acids is 1. The molecular formula is C15H17NO3S. The Balaban J connectivity index is 2.19. The first-order valence-corrected chi connectivity index (χ1v) is 7.10. The second-order valence-corrected chi connectivity index (χ2v) is 5.23. The zero-order valence-electron chi connectivity index (χ0n) is 11.7. The lowest BCUT2D eigenvalue weighted by molar-refractivity contribution is 0.0943. The number of hydrogen-bond acceptors (Lipinski definition) is 4. The molecule has 0 unspecified atom stereocenters. The fourth-order valence-corrected chi connectivity index (χ4v) is 2.56. The van der Waals surface area contributed by atoms with Crippen LogP contribution in [-0.2, 0) is 0 Å². The van der Waals surface area contributed by atoms with Gasteiger partial charge in [-0.05, 0) is 36.6 Å². The Morgan fingerprint density at radius 1 is 1.25 bits per heavy atom. The van der Waals surface area contributed by atoms with E-state index in [2.05, 4.69) is 5.32 Å². The van der Waals surface area contributed by atoms with E-state index in [1.807, 2.05) is 36.6 Å². The summed E-state index contributed by atoms with van der Waals surface area (Å²) in [6.07, 6.45) is 0. The van der Waals surface area contributed by atoms with Crippen LogP contribution in [0, 0.1) is 0 Å². The summed E-state index contributed by atoms with van der Waals surface area (Å²) in [5.41, 5.74) is 0.886. The number of nitrogens with one attached hydrogen (secondary N) is 1. The van der Waals surface area contributed by atoms with E-state index in [1.54, 1.807) is 20.3 Å². The largest absolute Gasteiger partial charge is 0.497 e. The molecule has 1 aromatic heterocycles. The van der Waals surface area contributed by atoms with Gasteiger partial charge in [0.1, 0.15) is 11.5 Å². The molecule has 0 aliphatic heterocycles. The third-order valence-corrected chi connectivity index (χ3v) is 3.86. The average molecular weight is 291 g/mol. The second kappa shape index (κ2) is 6.43. The lowest BCUT2D eigenvalue weighted by Gasteiger charge is -2.17. The Bertz CT molecular complexity index is 581. The van der Waals surface area contributed by atoms with Gasteiger partial charge in [0.05, 0.1) is 25.1 Å². The van der Waals surface area contributed by atoms with Crippen molar-refractivity contribution < 1.29 is 14.3 Å². The van der Waals surface area contributed by atoms with Crippen molar-refractivity contribution in [2.75, 3.05) is 14.2 Å². The second-order valence-electron chi connectivity index (χ2n) is 4.28. The minimum absolute atomic E-state index is 0.0858. The Kier molecular flexibility index (Phi) is 4.63. The summed E-state index contributed by atoms with van der Waals surface area (Å²) in [6, 6.07) is 9.03. The number of ether oxygens (including phenoxy) is 2. The molecular weight excluding hydrogens is 274 g/mol. The SMILES string of the molecule is COc1ccc(OC)c([C@H](C)NC(=O)c2cccs2)c1. The van der Waals surface area contributed by atoms with Crippen molar-refractivity contribution in [3.63, 3.8) is 0 Å². The van der Waals surface area contributed by atoms with Crippen LogP contribution >= 0.6 is 11.3 Å². The molecule has 1 heterocycles. The molecule has 0 fully saturated rings. The van der Waals surface area contributed by atoms with Crippen molar-refractivity contribution >= 4 is 17.2 Å². The van der Waals surface area contributed by atoms with Gasteiger partial charge in [-0.25, -0.2) is 0 Å². The summed E-state index contributed by atoms with van der Waals surface area (Å²) in [5, 5.41) is 4.84. The lowest BCUT2D eigenvalue weighted by atomic mass is 10.1. The predicted octanol–water partition coefficient (Wildman–Crippen LogP) is 3.26. The topological polar surface area (TPSA) is 47.6 Å². The van der Waals surface area contributed by atoms with Crippen LogP contribution in [0.25, 0.3) is 0 Å². The number of thiophene rings is 1. The number of amides is 1. The van der Waals surface area contributed by atoms with Gasteiger partial charge in [0, 0.05) is 5.56 Å². The monoisotopic (exact) mass is 291 g/mol. The van der Waals surface area contributed by atoms with Gasteiger partial charge in [0.15, 0.2) is 0 Å². The van der Waals surface area contributed by atoms with E-state index in [9.17, 15) is 4.79 Å². The Morgan fingerprint density at radius 2 is 2.05 bits per heavy atom. The summed E-state index contributed by atoms with van der Waals surface area (Å²) in [6.45, 7) is 1.92. The first kappa shape index (κ1) is 14.4. The maximum Gasteiger partial charge on any atom is 0.261 e. The number of hydrogen-bond donors (Lipinski definition) is 1. The highest BCUT2D eigenvalue weighted by Crippen LogP contribution is 2.29. The molecule has 0 spiro atoms. The van der Waals surface area contributed by atoms with Gasteiger partial charge in [0.2, 0.25) is 0 Å². The summed E-state index contributed by atoms with van der Waals surface area (Å²) in [7, 11) is 3.22. The van der Waals surface area contributed by atoms with E-state index >= 15 is 0 Å². The molecule has 0 aliphatic carbocycles. The fourth-order valence-electron chi connectivity index (χ4n) is 1.93. The van der Waals surface area contributed by atoms with Crippen molar-refractivity contribution in [1.82, 2.24) is 5.32 Å². The minimum atomic E-state index is -0.172. The zero-order chi connectivity index (χ0) is 14.5. The van der Waals surface area contributed by atoms with Crippen molar-refractivity contribution in [3.8, 4) is 11.5 Å². The summed E-state index contributed by atoms with van der Waals surface area (Å²) < 4.78 is 10.5. The molecule has 0 radical (unpaired) electrons. The highest BCUT2D eigenvalue weighted by atomic mass is 32.1. The van der Waals surface area contributed by atoms with Crippen LogP contribution in [-0.4, -0.2) is 20.1 Å². The summed E-state index contributed by atoms with van der Waals surface area (Å²) in [5.74, 6) is 1.38. The Morgan fingerprint density at radius 3 is 2.65 bits per heavy atom. The van der Waals surface area contributed by atoms with Gasteiger partial charge >= 0.3 is 0 Å². The Labute approximate surface area is 122 Å². The highest BCUT2D eigenvalue weighted by Gasteiger charge is 2.16. The van der Waals surface area contributed by atoms with E-state index in [-0.39, 0.29) is 11.9 Å². The standard InChI is InChI=1S/C15H17NO3S/c1-10(16-15(17)14-5-4-8-20-14)12-9-11(18-2)6-7-13(12)19-3/h4-10H,1-3H3,(H,16,17)/t10-/m0/s1. The third-order valence-electron chi connectivity index (χ3n) is 3.00. The molecule has 0 bridgehead atoms. The van der Waals surface area contributed by atoms with Gasteiger partial charge in [-0.2, -0.15) is 0 Å². The van der Waals surface area contributed by atoms with Crippen LogP contribution in [0.1, 0.15) is 28.2 Å². The van der Waals surface area contributed by atoms with Crippen LogP contribution in [0.4, 0.5) is 0 Å². The van der Waals surface area contributed by atoms with Crippen LogP contribution in [0.5, 0.6) is 11.5 Å². The van der Waals surface area contributed by atoms with E-state index in [4.69, 9.17) is 9.47 Å². The first-order valence-electron chi connectivity index (χ1n) is 6.22. The molecule has 1 amide bonds. The van der Waals surface area contributed by atoms with Crippen LogP contribution in [0.3, 0.4) is 0 Å². The van der Waals surface area contributed by atoms with E-state index in [1.165, 1.54) is 11.3 Å². The number of methoxy groups -OCH3 is 2. The smallest absolute Gasteiger partial charge is 0.261 e. The molecule has 0 saturated heterocycles. The molecule has 20 heavy (non-hydrogen) atoms. The van der Waals surface area contributed by atoms with Crippen LogP contribution in [0.2, 0.25) is 0 Å². The normalized spacial score (nSPS) is 11.8. The Hall–Kier alpha value is -2.01. The third kappa shape index (κ3) is 3.11. The van der Waals surface area contributed by atoms with E-state index < -0.39 is 0 Å². The van der Waals surface area contributed by atoms with Gasteiger partial charge in [-0.1, -0.05) is 6.07 Å². The zero-order valence-corrected chi connectivity index (χ0v) is 12.5. The van der Waals surface area contributed by atoms with Gasteiger partial charge < -0.3 is 14.8 Å². The van der Waals surface area contributed by atoms with Gasteiger partial charge in [-0.15, -0.1) is 11.3 Å². The number of rotatable bonds is 5. The predicted molar refractivity (Wildman–Crippen MR) is 79.7 cm³/mol. The van der Waals surface area contributed by atoms with Crippen LogP contribution in [0.15, 0.2) is 35.7 Å². The molecule has 0 saturated carbocycles. The van der Waals surface area contributed by atoms with Crippen molar-refractivity contribution in [2.24, 2.45) is 0 Å². The molecule has 1 aromatic carbocycles. The van der Waals surface area contributed by atoms with E-state index in [0.717, 1.165) is 17.1 Å². The molecule has 2 aromatic rings. The van der Waals surface area contributed by atoms with E-state index in [0.29, 0.717) is 4.88 Å². The summed E-state index contributed by atoms with van der Waals surface area (Å²) >= 11 is 1.42. The molecule has 4 nitrogen and oxygen atoms in total. The average Bonchev–Trinajstić information content (AvgIpc) is 3.00. The molecule has 2 rings (SSSR count).